The maximum atomic E-state index is 5.58. The molecule has 0 radical (unpaired) electrons. The Morgan fingerprint density at radius 1 is 0.931 bits per heavy atom. The van der Waals surface area contributed by atoms with E-state index in [1.807, 2.05) is 43.5 Å². The topological polar surface area (TPSA) is 38.9 Å². The molecular formula is C27H30N2. The Bertz CT molecular complexity index is 1090. The van der Waals surface area contributed by atoms with Crippen molar-refractivity contribution < 1.29 is 0 Å². The highest BCUT2D eigenvalue weighted by Crippen LogP contribution is 2.17. The summed E-state index contributed by atoms with van der Waals surface area (Å²) in [6.45, 7) is 10.2. The molecule has 0 aliphatic carbocycles. The van der Waals surface area contributed by atoms with Gasteiger partial charge < -0.3 is 5.73 Å². The van der Waals surface area contributed by atoms with Gasteiger partial charge in [0.25, 0.3) is 0 Å². The van der Waals surface area contributed by atoms with Gasteiger partial charge in [0.05, 0.1) is 5.52 Å². The molecule has 0 spiro atoms. The first-order valence-electron chi connectivity index (χ1n) is 9.82. The number of fused-ring (bicyclic) bond motifs is 2. The van der Waals surface area contributed by atoms with Crippen LogP contribution < -0.4 is 5.73 Å². The third kappa shape index (κ3) is 6.70. The Morgan fingerprint density at radius 2 is 1.72 bits per heavy atom. The summed E-state index contributed by atoms with van der Waals surface area (Å²) in [5.41, 5.74) is 10.4. The van der Waals surface area contributed by atoms with E-state index in [2.05, 4.69) is 73.9 Å². The number of aromatic nitrogens is 1. The largest absolute Gasteiger partial charge is 0.326 e. The fraction of sp³-hybridized carbons (Fsp3) is 0.148. The number of allylic oxidation sites excluding steroid dienone is 3. The zero-order chi connectivity index (χ0) is 21.1. The molecule has 0 unspecified atom stereocenters. The lowest BCUT2D eigenvalue weighted by Gasteiger charge is -2.01. The van der Waals surface area contributed by atoms with Crippen molar-refractivity contribution in [1.29, 1.82) is 0 Å². The first-order valence-corrected chi connectivity index (χ1v) is 9.82. The maximum Gasteiger partial charge on any atom is 0.0704 e. The van der Waals surface area contributed by atoms with Gasteiger partial charge in [-0.3, -0.25) is 4.98 Å². The molecule has 2 heteroatoms. The second-order valence-corrected chi connectivity index (χ2v) is 6.80. The average Bonchev–Trinajstić information content (AvgIpc) is 2.75. The maximum absolute atomic E-state index is 5.58. The molecule has 29 heavy (non-hydrogen) atoms. The first-order chi connectivity index (χ1) is 14.1. The van der Waals surface area contributed by atoms with Gasteiger partial charge in [0.2, 0.25) is 0 Å². The Balaban J connectivity index is 0.000000171. The molecule has 3 aromatic carbocycles. The quantitative estimate of drug-likeness (QED) is 0.383. The summed E-state index contributed by atoms with van der Waals surface area (Å²) < 4.78 is 0. The van der Waals surface area contributed by atoms with Crippen molar-refractivity contribution in [2.45, 2.75) is 27.3 Å². The van der Waals surface area contributed by atoms with Crippen molar-refractivity contribution in [2.75, 3.05) is 0 Å². The van der Waals surface area contributed by atoms with Crippen LogP contribution in [0.2, 0.25) is 0 Å². The fourth-order valence-corrected chi connectivity index (χ4v) is 2.94. The molecule has 0 saturated carbocycles. The molecule has 1 aromatic heterocycles. The van der Waals surface area contributed by atoms with E-state index in [4.69, 9.17) is 5.73 Å². The second-order valence-electron chi connectivity index (χ2n) is 6.80. The number of aryl methyl sites for hydroxylation is 2. The Kier molecular flexibility index (Phi) is 8.81. The van der Waals surface area contributed by atoms with Crippen LogP contribution in [0, 0.1) is 13.8 Å². The van der Waals surface area contributed by atoms with Crippen LogP contribution in [0.15, 0.2) is 97.7 Å². The van der Waals surface area contributed by atoms with Gasteiger partial charge in [-0.1, -0.05) is 78.9 Å². The molecular weight excluding hydrogens is 352 g/mol. The third-order valence-corrected chi connectivity index (χ3v) is 4.49. The predicted molar refractivity (Wildman–Crippen MR) is 128 cm³/mol. The molecule has 2 nitrogen and oxygen atoms in total. The SMILES string of the molecule is C=C/C=C/C.Cc1ccc2ccc(CN)cc2c1.Cc1cccc2ncccc12. The Labute approximate surface area is 174 Å². The summed E-state index contributed by atoms with van der Waals surface area (Å²) in [5, 5.41) is 3.81. The number of hydrogen-bond acceptors (Lipinski definition) is 2. The molecule has 0 bridgehead atoms. The van der Waals surface area contributed by atoms with Gasteiger partial charge in [-0.15, -0.1) is 0 Å². The minimum atomic E-state index is 0.615. The standard InChI is InChI=1S/C12H13N.C10H9N.C5H8/c1-9-2-4-11-5-3-10(8-13)7-12(11)6-9;1-8-4-2-6-10-9(8)5-3-7-11-10;1-3-5-4-2/h2-7H,8,13H2,1H3;2-7H,1H3;3-5H,1H2,2H3/b;;5-4+. The summed E-state index contributed by atoms with van der Waals surface area (Å²) in [7, 11) is 0. The van der Waals surface area contributed by atoms with Gasteiger partial charge in [-0.25, -0.2) is 0 Å². The smallest absolute Gasteiger partial charge is 0.0704 e. The molecule has 4 rings (SSSR count). The zero-order valence-corrected chi connectivity index (χ0v) is 17.6. The van der Waals surface area contributed by atoms with E-state index < -0.39 is 0 Å². The van der Waals surface area contributed by atoms with Crippen molar-refractivity contribution in [3.63, 3.8) is 0 Å². The van der Waals surface area contributed by atoms with Gasteiger partial charge in [0.1, 0.15) is 0 Å². The highest BCUT2D eigenvalue weighted by Gasteiger charge is 1.95. The van der Waals surface area contributed by atoms with E-state index in [0.29, 0.717) is 6.54 Å². The van der Waals surface area contributed by atoms with Crippen LogP contribution in [0.5, 0.6) is 0 Å². The van der Waals surface area contributed by atoms with Gasteiger partial charge in [0.15, 0.2) is 0 Å². The molecule has 0 aliphatic rings. The molecule has 0 aliphatic heterocycles. The van der Waals surface area contributed by atoms with Crippen molar-refractivity contribution in [3.8, 4) is 0 Å². The lowest BCUT2D eigenvalue weighted by atomic mass is 10.0. The summed E-state index contributed by atoms with van der Waals surface area (Å²) in [4.78, 5) is 4.24. The van der Waals surface area contributed by atoms with E-state index in [9.17, 15) is 0 Å². The van der Waals surface area contributed by atoms with Crippen molar-refractivity contribution in [3.05, 3.63) is 114 Å². The van der Waals surface area contributed by atoms with Crippen LogP contribution in [0.3, 0.4) is 0 Å². The number of nitrogens with zero attached hydrogens (tertiary/aromatic N) is 1. The molecule has 4 aromatic rings. The number of hydrogen-bond donors (Lipinski definition) is 1. The predicted octanol–water partition coefficient (Wildman–Crippen LogP) is 6.90. The average molecular weight is 383 g/mol. The summed E-state index contributed by atoms with van der Waals surface area (Å²) in [5.74, 6) is 0. The lowest BCUT2D eigenvalue weighted by Crippen LogP contribution is -1.95. The van der Waals surface area contributed by atoms with Gasteiger partial charge in [0, 0.05) is 18.1 Å². The molecule has 0 saturated heterocycles. The van der Waals surface area contributed by atoms with Gasteiger partial charge in [-0.2, -0.15) is 0 Å². The van der Waals surface area contributed by atoms with E-state index in [-0.39, 0.29) is 0 Å². The number of benzene rings is 3. The molecule has 0 amide bonds. The molecule has 148 valence electrons. The van der Waals surface area contributed by atoms with Crippen molar-refractivity contribution in [2.24, 2.45) is 5.73 Å². The Hall–Kier alpha value is -3.23. The van der Waals surface area contributed by atoms with E-state index in [0.717, 1.165) is 5.52 Å². The monoisotopic (exact) mass is 382 g/mol. The number of pyridine rings is 1. The van der Waals surface area contributed by atoms with Crippen LogP contribution in [0.25, 0.3) is 21.7 Å². The third-order valence-electron chi connectivity index (χ3n) is 4.49. The fourth-order valence-electron chi connectivity index (χ4n) is 2.94. The highest BCUT2D eigenvalue weighted by molar-refractivity contribution is 5.83. The van der Waals surface area contributed by atoms with Gasteiger partial charge in [-0.05, 0) is 60.9 Å². The van der Waals surface area contributed by atoms with Crippen LogP contribution in [-0.2, 0) is 6.54 Å². The van der Waals surface area contributed by atoms with Crippen LogP contribution >= 0.6 is 0 Å². The molecule has 1 heterocycles. The first kappa shape index (κ1) is 22.1. The van der Waals surface area contributed by atoms with Gasteiger partial charge >= 0.3 is 0 Å². The number of nitrogens with two attached hydrogens (primary N) is 1. The molecule has 2 N–H and O–H groups in total. The lowest BCUT2D eigenvalue weighted by molar-refractivity contribution is 1.08. The second kappa shape index (κ2) is 11.6. The normalized spacial score (nSPS) is 10.2. The van der Waals surface area contributed by atoms with Crippen molar-refractivity contribution >= 4 is 21.7 Å². The summed E-state index contributed by atoms with van der Waals surface area (Å²) >= 11 is 0. The summed E-state index contributed by atoms with van der Waals surface area (Å²) in [6, 6.07) is 23.0. The summed E-state index contributed by atoms with van der Waals surface area (Å²) in [6.07, 6.45) is 7.40. The molecule has 0 atom stereocenters. The highest BCUT2D eigenvalue weighted by atomic mass is 14.6. The van der Waals surface area contributed by atoms with E-state index in [1.165, 1.54) is 32.8 Å². The van der Waals surface area contributed by atoms with Crippen LogP contribution in [-0.4, -0.2) is 4.98 Å². The van der Waals surface area contributed by atoms with Crippen LogP contribution in [0.4, 0.5) is 0 Å². The van der Waals surface area contributed by atoms with Crippen LogP contribution in [0.1, 0.15) is 23.6 Å². The number of rotatable bonds is 2. The zero-order valence-electron chi connectivity index (χ0n) is 17.6. The van der Waals surface area contributed by atoms with E-state index >= 15 is 0 Å². The van der Waals surface area contributed by atoms with Crippen molar-refractivity contribution in [1.82, 2.24) is 4.98 Å². The molecule has 0 fully saturated rings. The Morgan fingerprint density at radius 3 is 2.38 bits per heavy atom. The van der Waals surface area contributed by atoms with E-state index in [1.54, 1.807) is 6.08 Å². The minimum Gasteiger partial charge on any atom is -0.326 e. The minimum absolute atomic E-state index is 0.615.